The summed E-state index contributed by atoms with van der Waals surface area (Å²) in [7, 11) is 5.04. The second-order valence-corrected chi connectivity index (χ2v) is 6.33. The zero-order valence-electron chi connectivity index (χ0n) is 18.1. The zero-order valence-corrected chi connectivity index (χ0v) is 20.4. The number of esters is 1. The third-order valence-corrected chi connectivity index (χ3v) is 4.28. The van der Waals surface area contributed by atoms with E-state index in [4.69, 9.17) is 14.2 Å². The van der Waals surface area contributed by atoms with E-state index in [2.05, 4.69) is 15.6 Å². The molecule has 0 amide bonds. The van der Waals surface area contributed by atoms with Crippen molar-refractivity contribution in [3.05, 3.63) is 23.8 Å². The molecule has 1 aromatic carbocycles. The molecule has 7 nitrogen and oxygen atoms in total. The van der Waals surface area contributed by atoms with Gasteiger partial charge in [-0.05, 0) is 43.9 Å². The number of carbonyl (C=O) groups excluding carboxylic acids is 1. The highest BCUT2D eigenvalue weighted by molar-refractivity contribution is 14.0. The monoisotopic (exact) mass is 521 g/mol. The largest absolute Gasteiger partial charge is 0.493 e. The van der Waals surface area contributed by atoms with Crippen molar-refractivity contribution in [2.75, 3.05) is 41.0 Å². The smallest absolute Gasteiger partial charge is 0.305 e. The molecule has 0 aliphatic rings. The first-order valence-corrected chi connectivity index (χ1v) is 9.95. The molecule has 0 saturated carbocycles. The quantitative estimate of drug-likeness (QED) is 0.136. The van der Waals surface area contributed by atoms with Crippen LogP contribution in [0.4, 0.5) is 0 Å². The van der Waals surface area contributed by atoms with Gasteiger partial charge in [-0.2, -0.15) is 0 Å². The van der Waals surface area contributed by atoms with Crippen molar-refractivity contribution in [1.82, 2.24) is 10.6 Å². The Morgan fingerprint density at radius 3 is 2.34 bits per heavy atom. The van der Waals surface area contributed by atoms with Gasteiger partial charge in [-0.25, -0.2) is 0 Å². The fourth-order valence-corrected chi connectivity index (χ4v) is 2.77. The van der Waals surface area contributed by atoms with Gasteiger partial charge in [0.25, 0.3) is 0 Å². The topological polar surface area (TPSA) is 81.2 Å². The molecule has 0 aliphatic heterocycles. The fraction of sp³-hybridized carbons (Fsp3) is 0.619. The van der Waals surface area contributed by atoms with Gasteiger partial charge in [0.15, 0.2) is 17.5 Å². The average Bonchev–Trinajstić information content (AvgIpc) is 2.71. The van der Waals surface area contributed by atoms with Crippen molar-refractivity contribution in [2.45, 2.75) is 45.4 Å². The Morgan fingerprint density at radius 2 is 1.69 bits per heavy atom. The number of carbonyl (C=O) groups is 1. The van der Waals surface area contributed by atoms with Crippen LogP contribution in [0.25, 0.3) is 0 Å². The van der Waals surface area contributed by atoms with E-state index in [1.54, 1.807) is 21.3 Å². The lowest BCUT2D eigenvalue weighted by Gasteiger charge is -2.13. The summed E-state index contributed by atoms with van der Waals surface area (Å²) in [6.45, 7) is 3.92. The molecule has 0 bridgehead atoms. The van der Waals surface area contributed by atoms with E-state index in [1.807, 2.05) is 25.1 Å². The van der Waals surface area contributed by atoms with Gasteiger partial charge < -0.3 is 24.8 Å². The standard InChI is InChI=1S/C21H35N3O4.HI/c1-5-28-20(25)10-8-6-7-9-14-23-21(22-2)24-15-13-17-11-12-18(26-3)19(16-17)27-4;/h11-12,16H,5-10,13-15H2,1-4H3,(H2,22,23,24);1H. The molecule has 29 heavy (non-hydrogen) atoms. The van der Waals surface area contributed by atoms with Gasteiger partial charge in [0.05, 0.1) is 20.8 Å². The van der Waals surface area contributed by atoms with Gasteiger partial charge >= 0.3 is 5.97 Å². The summed E-state index contributed by atoms with van der Waals surface area (Å²) in [5, 5.41) is 6.64. The summed E-state index contributed by atoms with van der Waals surface area (Å²) in [5.41, 5.74) is 1.17. The molecule has 0 radical (unpaired) electrons. The van der Waals surface area contributed by atoms with Crippen molar-refractivity contribution < 1.29 is 19.0 Å². The lowest BCUT2D eigenvalue weighted by atomic mass is 10.1. The maximum Gasteiger partial charge on any atom is 0.305 e. The lowest BCUT2D eigenvalue weighted by Crippen LogP contribution is -2.38. The highest BCUT2D eigenvalue weighted by Gasteiger charge is 2.05. The van der Waals surface area contributed by atoms with Crippen LogP contribution in [0.5, 0.6) is 11.5 Å². The van der Waals surface area contributed by atoms with Gasteiger partial charge in [-0.15, -0.1) is 24.0 Å². The first-order chi connectivity index (χ1) is 13.6. The van der Waals surface area contributed by atoms with Gasteiger partial charge in [0.2, 0.25) is 0 Å². The maximum atomic E-state index is 11.3. The molecule has 1 rings (SSSR count). The summed E-state index contributed by atoms with van der Waals surface area (Å²) in [6.07, 6.45) is 5.41. The number of hydrogen-bond donors (Lipinski definition) is 2. The first kappa shape index (κ1) is 27.3. The van der Waals surface area contributed by atoms with Crippen molar-refractivity contribution in [1.29, 1.82) is 0 Å². The maximum absolute atomic E-state index is 11.3. The number of methoxy groups -OCH3 is 2. The molecule has 2 N–H and O–H groups in total. The molecule has 8 heteroatoms. The van der Waals surface area contributed by atoms with E-state index in [1.165, 1.54) is 5.56 Å². The average molecular weight is 521 g/mol. The number of benzene rings is 1. The molecule has 0 saturated heterocycles. The Balaban J connectivity index is 0.00000784. The van der Waals surface area contributed by atoms with Crippen LogP contribution in [0.2, 0.25) is 0 Å². The van der Waals surface area contributed by atoms with E-state index in [9.17, 15) is 4.79 Å². The SMILES string of the molecule is CCOC(=O)CCCCCCNC(=NC)NCCc1ccc(OC)c(OC)c1.I. The summed E-state index contributed by atoms with van der Waals surface area (Å²) in [5.74, 6) is 2.18. The van der Waals surface area contributed by atoms with Crippen LogP contribution in [0.1, 0.15) is 44.6 Å². The number of guanidine groups is 1. The molecule has 1 aromatic rings. The van der Waals surface area contributed by atoms with Gasteiger partial charge in [0.1, 0.15) is 0 Å². The lowest BCUT2D eigenvalue weighted by molar-refractivity contribution is -0.143. The molecule has 0 fully saturated rings. The minimum Gasteiger partial charge on any atom is -0.493 e. The highest BCUT2D eigenvalue weighted by atomic mass is 127. The number of nitrogens with one attached hydrogen (secondary N) is 2. The van der Waals surface area contributed by atoms with Crippen molar-refractivity contribution in [3.8, 4) is 11.5 Å². The van der Waals surface area contributed by atoms with E-state index >= 15 is 0 Å². The van der Waals surface area contributed by atoms with Gasteiger partial charge in [-0.3, -0.25) is 9.79 Å². The summed E-state index contributed by atoms with van der Waals surface area (Å²) < 4.78 is 15.5. The molecule has 0 unspecified atom stereocenters. The molecule has 0 atom stereocenters. The Hall–Kier alpha value is -1.71. The Kier molecular flexibility index (Phi) is 16.2. The number of ether oxygens (including phenoxy) is 3. The first-order valence-electron chi connectivity index (χ1n) is 9.95. The van der Waals surface area contributed by atoms with Crippen molar-refractivity contribution in [2.24, 2.45) is 4.99 Å². The number of unbranched alkanes of at least 4 members (excludes halogenated alkanes) is 3. The number of halogens is 1. The number of nitrogens with zero attached hydrogens (tertiary/aromatic N) is 1. The van der Waals surface area contributed by atoms with Crippen LogP contribution in [0.3, 0.4) is 0 Å². The molecular weight excluding hydrogens is 485 g/mol. The van der Waals surface area contributed by atoms with E-state index in [0.717, 1.165) is 62.7 Å². The minimum absolute atomic E-state index is 0. The summed E-state index contributed by atoms with van der Waals surface area (Å²) in [4.78, 5) is 15.5. The summed E-state index contributed by atoms with van der Waals surface area (Å²) >= 11 is 0. The van der Waals surface area contributed by atoms with Crippen LogP contribution < -0.4 is 20.1 Å². The zero-order chi connectivity index (χ0) is 20.6. The summed E-state index contributed by atoms with van der Waals surface area (Å²) in [6, 6.07) is 5.95. The van der Waals surface area contributed by atoms with Gasteiger partial charge in [-0.1, -0.05) is 18.9 Å². The molecule has 0 spiro atoms. The molecule has 0 heterocycles. The second kappa shape index (κ2) is 17.2. The van der Waals surface area contributed by atoms with Crippen LogP contribution >= 0.6 is 24.0 Å². The predicted molar refractivity (Wildman–Crippen MR) is 128 cm³/mol. The molecule has 0 aliphatic carbocycles. The minimum atomic E-state index is -0.0975. The van der Waals surface area contributed by atoms with Crippen molar-refractivity contribution in [3.63, 3.8) is 0 Å². The highest BCUT2D eigenvalue weighted by Crippen LogP contribution is 2.27. The fourth-order valence-electron chi connectivity index (χ4n) is 2.77. The predicted octanol–water partition coefficient (Wildman–Crippen LogP) is 3.54. The Labute approximate surface area is 192 Å². The Morgan fingerprint density at radius 1 is 1.00 bits per heavy atom. The Bertz CT molecular complexity index is 612. The van der Waals surface area contributed by atoms with Crippen LogP contribution in [-0.4, -0.2) is 52.9 Å². The van der Waals surface area contributed by atoms with E-state index in [0.29, 0.717) is 13.0 Å². The molecular formula is C21H36IN3O4. The third-order valence-electron chi connectivity index (χ3n) is 4.28. The third kappa shape index (κ3) is 11.8. The van der Waals surface area contributed by atoms with Crippen LogP contribution in [0.15, 0.2) is 23.2 Å². The molecule has 0 aromatic heterocycles. The molecule has 166 valence electrons. The normalized spacial score (nSPS) is 10.7. The van der Waals surface area contributed by atoms with E-state index in [-0.39, 0.29) is 29.9 Å². The van der Waals surface area contributed by atoms with E-state index < -0.39 is 0 Å². The van der Waals surface area contributed by atoms with Crippen LogP contribution in [-0.2, 0) is 16.0 Å². The number of aliphatic imine (C=N–C) groups is 1. The second-order valence-electron chi connectivity index (χ2n) is 6.33. The van der Waals surface area contributed by atoms with Crippen molar-refractivity contribution >= 4 is 35.9 Å². The number of hydrogen-bond acceptors (Lipinski definition) is 5. The van der Waals surface area contributed by atoms with Crippen LogP contribution in [0, 0.1) is 0 Å². The van der Waals surface area contributed by atoms with Gasteiger partial charge in [0, 0.05) is 26.6 Å². The number of rotatable bonds is 13.